The van der Waals surface area contributed by atoms with Crippen LogP contribution in [-0.2, 0) is 0 Å². The fraction of sp³-hybridized carbons (Fsp3) is 0.571. The maximum absolute atomic E-state index is 9.09. The zero-order valence-corrected chi connectivity index (χ0v) is 14.6. The molecule has 0 aliphatic rings. The van der Waals surface area contributed by atoms with E-state index in [0.29, 0.717) is 10.9 Å². The number of thioether (sulfide) groups is 1. The minimum atomic E-state index is 0. The smallest absolute Gasteiger partial charge is 0.116 e. The molecule has 114 valence electrons. The molecule has 1 N–H and O–H groups in total. The quantitative estimate of drug-likeness (QED) is 0.458. The van der Waals surface area contributed by atoms with E-state index in [1.54, 1.807) is 11.8 Å². The summed E-state index contributed by atoms with van der Waals surface area (Å²) in [6.07, 6.45) is 4.80. The number of halogens is 2. The van der Waals surface area contributed by atoms with Crippen molar-refractivity contribution in [2.45, 2.75) is 49.9 Å². The number of aromatic nitrogens is 1. The molecule has 1 rings (SSSR count). The molecule has 0 spiro atoms. The van der Waals surface area contributed by atoms with Gasteiger partial charge < -0.3 is 5.32 Å². The lowest BCUT2D eigenvalue weighted by Gasteiger charge is -2.15. The number of nitriles is 1. The van der Waals surface area contributed by atoms with Crippen LogP contribution in [-0.4, -0.2) is 17.4 Å². The molecule has 1 heterocycles. The van der Waals surface area contributed by atoms with Gasteiger partial charge in [0.15, 0.2) is 0 Å². The molecule has 0 aromatic carbocycles. The summed E-state index contributed by atoms with van der Waals surface area (Å²) in [6.45, 7) is 4.16. The van der Waals surface area contributed by atoms with E-state index in [9.17, 15) is 0 Å². The number of hydrogen-bond donors (Lipinski definition) is 1. The molecular weight excluding hydrogens is 313 g/mol. The summed E-state index contributed by atoms with van der Waals surface area (Å²) in [5, 5.41) is 13.6. The summed E-state index contributed by atoms with van der Waals surface area (Å²) in [4.78, 5) is 4.46. The number of pyridine rings is 1. The number of hydrogen-bond acceptors (Lipinski definition) is 4. The van der Waals surface area contributed by atoms with E-state index in [2.05, 4.69) is 23.3 Å². The Labute approximate surface area is 138 Å². The van der Waals surface area contributed by atoms with Gasteiger partial charge in [0.2, 0.25) is 0 Å². The zero-order chi connectivity index (χ0) is 13.4. The first-order chi connectivity index (χ1) is 8.71. The van der Waals surface area contributed by atoms with Crippen molar-refractivity contribution in [3.05, 3.63) is 23.4 Å². The van der Waals surface area contributed by atoms with Crippen LogP contribution in [0.15, 0.2) is 17.2 Å². The number of aryl methyl sites for hydroxylation is 1. The normalized spacial score (nSPS) is 10.9. The molecule has 0 saturated heterocycles. The van der Waals surface area contributed by atoms with Crippen molar-refractivity contribution in [2.75, 3.05) is 7.05 Å². The molecule has 0 aliphatic heterocycles. The molecule has 0 fully saturated rings. The molecule has 0 amide bonds. The molecular formula is C14H23Cl2N3S. The highest BCUT2D eigenvalue weighted by atomic mass is 35.5. The predicted octanol–water partition coefficient (Wildman–Crippen LogP) is 4.32. The van der Waals surface area contributed by atoms with E-state index < -0.39 is 0 Å². The van der Waals surface area contributed by atoms with Gasteiger partial charge in [-0.2, -0.15) is 5.26 Å². The standard InChI is InChI=1S/C14H21N3S.2ClH/c1-4-5-6-7-13(16-3)18-14-12(10-15)9-8-11(2)17-14;;/h8-9,13,16H,4-7H2,1-3H3;2*1H. The van der Waals surface area contributed by atoms with Crippen molar-refractivity contribution in [2.24, 2.45) is 0 Å². The van der Waals surface area contributed by atoms with Gasteiger partial charge in [-0.15, -0.1) is 24.8 Å². The van der Waals surface area contributed by atoms with Crippen molar-refractivity contribution in [3.63, 3.8) is 0 Å². The van der Waals surface area contributed by atoms with Crippen LogP contribution in [0.1, 0.15) is 43.9 Å². The third kappa shape index (κ3) is 7.35. The second-order valence-electron chi connectivity index (χ2n) is 4.31. The Morgan fingerprint density at radius 2 is 2.05 bits per heavy atom. The van der Waals surface area contributed by atoms with Crippen LogP contribution in [0, 0.1) is 18.3 Å². The summed E-state index contributed by atoms with van der Waals surface area (Å²) in [7, 11) is 1.96. The summed E-state index contributed by atoms with van der Waals surface area (Å²) in [6, 6.07) is 5.94. The van der Waals surface area contributed by atoms with Crippen molar-refractivity contribution < 1.29 is 0 Å². The van der Waals surface area contributed by atoms with E-state index in [4.69, 9.17) is 5.26 Å². The first-order valence-corrected chi connectivity index (χ1v) is 7.31. The average Bonchev–Trinajstić information content (AvgIpc) is 2.38. The molecule has 0 radical (unpaired) electrons. The Morgan fingerprint density at radius 1 is 1.35 bits per heavy atom. The molecule has 6 heteroatoms. The van der Waals surface area contributed by atoms with Crippen LogP contribution >= 0.6 is 36.6 Å². The van der Waals surface area contributed by atoms with Crippen LogP contribution in [0.25, 0.3) is 0 Å². The van der Waals surface area contributed by atoms with E-state index in [1.165, 1.54) is 19.3 Å². The Balaban J connectivity index is 0. The zero-order valence-electron chi connectivity index (χ0n) is 12.2. The Kier molecular flexibility index (Phi) is 13.4. The van der Waals surface area contributed by atoms with Crippen LogP contribution in [0.4, 0.5) is 0 Å². The van der Waals surface area contributed by atoms with Gasteiger partial charge in [0.1, 0.15) is 11.1 Å². The lowest BCUT2D eigenvalue weighted by molar-refractivity contribution is 0.604. The monoisotopic (exact) mass is 335 g/mol. The first-order valence-electron chi connectivity index (χ1n) is 6.43. The van der Waals surface area contributed by atoms with Crippen LogP contribution in [0.3, 0.4) is 0 Å². The highest BCUT2D eigenvalue weighted by molar-refractivity contribution is 7.99. The fourth-order valence-corrected chi connectivity index (χ4v) is 2.79. The van der Waals surface area contributed by atoms with Crippen LogP contribution < -0.4 is 5.32 Å². The van der Waals surface area contributed by atoms with Crippen molar-refractivity contribution in [1.82, 2.24) is 10.3 Å². The second-order valence-corrected chi connectivity index (χ2v) is 5.50. The minimum absolute atomic E-state index is 0. The summed E-state index contributed by atoms with van der Waals surface area (Å²) in [5.74, 6) is 0. The van der Waals surface area contributed by atoms with E-state index >= 15 is 0 Å². The Hall–Kier alpha value is -0.470. The van der Waals surface area contributed by atoms with Gasteiger partial charge in [0.05, 0.1) is 10.9 Å². The maximum atomic E-state index is 9.09. The molecule has 0 saturated carbocycles. The van der Waals surface area contributed by atoms with Crippen LogP contribution in [0.2, 0.25) is 0 Å². The summed E-state index contributed by atoms with van der Waals surface area (Å²) >= 11 is 1.66. The third-order valence-corrected chi connectivity index (χ3v) is 4.06. The first kappa shape index (κ1) is 21.8. The lowest BCUT2D eigenvalue weighted by atomic mass is 10.2. The predicted molar refractivity (Wildman–Crippen MR) is 91.0 cm³/mol. The second kappa shape index (κ2) is 12.3. The van der Waals surface area contributed by atoms with Crippen molar-refractivity contribution >= 4 is 36.6 Å². The molecule has 1 unspecified atom stereocenters. The molecule has 20 heavy (non-hydrogen) atoms. The van der Waals surface area contributed by atoms with Gasteiger partial charge in [-0.1, -0.05) is 37.9 Å². The van der Waals surface area contributed by atoms with E-state index in [-0.39, 0.29) is 24.8 Å². The lowest BCUT2D eigenvalue weighted by Crippen LogP contribution is -2.21. The SMILES string of the molecule is CCCCCC(NC)Sc1nc(C)ccc1C#N.Cl.Cl. The van der Waals surface area contributed by atoms with Crippen molar-refractivity contribution in [1.29, 1.82) is 5.26 Å². The number of nitrogens with one attached hydrogen (secondary N) is 1. The summed E-state index contributed by atoms with van der Waals surface area (Å²) < 4.78 is 0. The molecule has 1 aromatic rings. The Morgan fingerprint density at radius 3 is 2.60 bits per heavy atom. The molecule has 1 aromatic heterocycles. The maximum Gasteiger partial charge on any atom is 0.116 e. The van der Waals surface area contributed by atoms with Gasteiger partial charge in [0, 0.05) is 5.69 Å². The van der Waals surface area contributed by atoms with Gasteiger partial charge >= 0.3 is 0 Å². The molecule has 0 bridgehead atoms. The van der Waals surface area contributed by atoms with Gasteiger partial charge in [-0.25, -0.2) is 4.98 Å². The Bertz CT molecular complexity index is 421. The van der Waals surface area contributed by atoms with Gasteiger partial charge in [-0.05, 0) is 32.5 Å². The number of unbranched alkanes of at least 4 members (excludes halogenated alkanes) is 2. The third-order valence-electron chi connectivity index (χ3n) is 2.77. The van der Waals surface area contributed by atoms with E-state index in [1.807, 2.05) is 26.1 Å². The minimum Gasteiger partial charge on any atom is -0.308 e. The van der Waals surface area contributed by atoms with Crippen molar-refractivity contribution in [3.8, 4) is 6.07 Å². The largest absolute Gasteiger partial charge is 0.308 e. The molecule has 1 atom stereocenters. The fourth-order valence-electron chi connectivity index (χ4n) is 1.68. The number of rotatable bonds is 7. The highest BCUT2D eigenvalue weighted by Crippen LogP contribution is 2.26. The molecule has 3 nitrogen and oxygen atoms in total. The summed E-state index contributed by atoms with van der Waals surface area (Å²) in [5.41, 5.74) is 1.63. The van der Waals surface area contributed by atoms with Crippen LogP contribution in [0.5, 0.6) is 0 Å². The number of nitrogens with zero attached hydrogens (tertiary/aromatic N) is 2. The molecule has 0 aliphatic carbocycles. The highest BCUT2D eigenvalue weighted by Gasteiger charge is 2.12. The van der Waals surface area contributed by atoms with E-state index in [0.717, 1.165) is 17.1 Å². The average molecular weight is 336 g/mol. The van der Waals surface area contributed by atoms with Gasteiger partial charge in [-0.3, -0.25) is 0 Å². The van der Waals surface area contributed by atoms with Gasteiger partial charge in [0.25, 0.3) is 0 Å². The topological polar surface area (TPSA) is 48.7 Å².